The topological polar surface area (TPSA) is 61.9 Å². The molecule has 1 amide bonds. The van der Waals surface area contributed by atoms with Crippen LogP contribution in [0.1, 0.15) is 21.5 Å². The summed E-state index contributed by atoms with van der Waals surface area (Å²) >= 11 is 7.70. The van der Waals surface area contributed by atoms with E-state index in [4.69, 9.17) is 16.6 Å². The van der Waals surface area contributed by atoms with Gasteiger partial charge in [0.25, 0.3) is 5.91 Å². The van der Waals surface area contributed by atoms with Gasteiger partial charge >= 0.3 is 0 Å². The van der Waals surface area contributed by atoms with Crippen molar-refractivity contribution in [2.24, 2.45) is 0 Å². The Labute approximate surface area is 182 Å². The number of amides is 1. The van der Waals surface area contributed by atoms with Crippen LogP contribution in [0.25, 0.3) is 21.1 Å². The quantitative estimate of drug-likeness (QED) is 0.380. The molecule has 0 aliphatic carbocycles. The van der Waals surface area contributed by atoms with Gasteiger partial charge in [0.2, 0.25) is 0 Å². The Morgan fingerprint density at radius 2 is 2.07 bits per heavy atom. The molecule has 3 heterocycles. The Bertz CT molecular complexity index is 1380. The second-order valence-electron chi connectivity index (χ2n) is 7.07. The van der Waals surface area contributed by atoms with E-state index in [2.05, 4.69) is 9.97 Å². The predicted molar refractivity (Wildman–Crippen MR) is 122 cm³/mol. The molecule has 5 aromatic rings. The molecule has 0 saturated heterocycles. The van der Waals surface area contributed by atoms with Gasteiger partial charge in [0.1, 0.15) is 0 Å². The van der Waals surface area contributed by atoms with Crippen molar-refractivity contribution in [3.63, 3.8) is 0 Å². The first-order valence-corrected chi connectivity index (χ1v) is 10.6. The number of pyridine rings is 1. The van der Waals surface area contributed by atoms with Gasteiger partial charge in [-0.3, -0.25) is 14.7 Å². The summed E-state index contributed by atoms with van der Waals surface area (Å²) in [6, 6.07) is 15.4. The molecule has 0 radical (unpaired) electrons. The number of benzene rings is 2. The number of aromatic amines is 1. The number of aryl methyl sites for hydroxylation is 1. The third-order valence-corrected chi connectivity index (χ3v) is 6.24. The first-order valence-electron chi connectivity index (χ1n) is 9.44. The van der Waals surface area contributed by atoms with Crippen molar-refractivity contribution in [3.05, 3.63) is 88.8 Å². The summed E-state index contributed by atoms with van der Waals surface area (Å²) in [5, 5.41) is 2.19. The SMILES string of the molecule is Cc1cc(Cl)cc2sc(N(Cc3cccnc3)C(=O)c3c[nH]c4ccccc34)nc12. The van der Waals surface area contributed by atoms with Gasteiger partial charge in [0, 0.05) is 34.5 Å². The van der Waals surface area contributed by atoms with Crippen LogP contribution < -0.4 is 4.90 Å². The number of carbonyl (C=O) groups excluding carboxylic acids is 1. The fraction of sp³-hybridized carbons (Fsp3) is 0.0870. The van der Waals surface area contributed by atoms with Gasteiger partial charge in [-0.2, -0.15) is 0 Å². The maximum Gasteiger partial charge on any atom is 0.262 e. The molecule has 0 spiro atoms. The fourth-order valence-electron chi connectivity index (χ4n) is 3.55. The molecule has 30 heavy (non-hydrogen) atoms. The van der Waals surface area contributed by atoms with Crippen LogP contribution in [0.2, 0.25) is 5.02 Å². The van der Waals surface area contributed by atoms with E-state index in [0.717, 1.165) is 32.2 Å². The Hall–Kier alpha value is -3.22. The van der Waals surface area contributed by atoms with Crippen LogP contribution in [-0.2, 0) is 6.54 Å². The molecular formula is C23H17ClN4OS. The number of para-hydroxylation sites is 1. The summed E-state index contributed by atoms with van der Waals surface area (Å²) in [4.78, 5) is 27.6. The van der Waals surface area contributed by atoms with Crippen LogP contribution in [-0.4, -0.2) is 20.9 Å². The van der Waals surface area contributed by atoms with Gasteiger partial charge in [-0.25, -0.2) is 4.98 Å². The minimum atomic E-state index is -0.112. The highest BCUT2D eigenvalue weighted by molar-refractivity contribution is 7.22. The smallest absolute Gasteiger partial charge is 0.262 e. The van der Waals surface area contributed by atoms with Crippen LogP contribution in [0, 0.1) is 6.92 Å². The van der Waals surface area contributed by atoms with Crippen LogP contribution in [0.4, 0.5) is 5.13 Å². The minimum absolute atomic E-state index is 0.112. The molecule has 3 aromatic heterocycles. The lowest BCUT2D eigenvalue weighted by atomic mass is 10.1. The molecule has 5 nitrogen and oxygen atoms in total. The molecule has 0 atom stereocenters. The van der Waals surface area contributed by atoms with E-state index in [-0.39, 0.29) is 5.91 Å². The Morgan fingerprint density at radius 1 is 1.20 bits per heavy atom. The molecule has 7 heteroatoms. The van der Waals surface area contributed by atoms with Crippen LogP contribution in [0.5, 0.6) is 0 Å². The second-order valence-corrected chi connectivity index (χ2v) is 8.51. The molecule has 2 aromatic carbocycles. The normalized spacial score (nSPS) is 11.3. The number of anilines is 1. The van der Waals surface area contributed by atoms with Gasteiger partial charge < -0.3 is 4.98 Å². The van der Waals surface area contributed by atoms with Crippen molar-refractivity contribution in [2.45, 2.75) is 13.5 Å². The summed E-state index contributed by atoms with van der Waals surface area (Å²) in [7, 11) is 0. The maximum absolute atomic E-state index is 13.7. The third-order valence-electron chi connectivity index (χ3n) is 5.00. The number of halogens is 1. The number of rotatable bonds is 4. The number of nitrogens with zero attached hydrogens (tertiary/aromatic N) is 3. The zero-order valence-electron chi connectivity index (χ0n) is 16.1. The first kappa shape index (κ1) is 18.8. The fourth-order valence-corrected chi connectivity index (χ4v) is 4.97. The van der Waals surface area contributed by atoms with Crippen LogP contribution in [0.15, 0.2) is 67.1 Å². The number of fused-ring (bicyclic) bond motifs is 2. The summed E-state index contributed by atoms with van der Waals surface area (Å²) in [6.07, 6.45) is 5.25. The molecule has 0 saturated carbocycles. The number of nitrogens with one attached hydrogen (secondary N) is 1. The van der Waals surface area contributed by atoms with Crippen LogP contribution in [0.3, 0.4) is 0 Å². The molecule has 148 valence electrons. The van der Waals surface area contributed by atoms with Crippen molar-refractivity contribution < 1.29 is 4.79 Å². The van der Waals surface area contributed by atoms with Gasteiger partial charge in [0.05, 0.1) is 22.3 Å². The van der Waals surface area contributed by atoms with E-state index in [0.29, 0.717) is 22.3 Å². The summed E-state index contributed by atoms with van der Waals surface area (Å²) in [5.74, 6) is -0.112. The van der Waals surface area contributed by atoms with E-state index < -0.39 is 0 Å². The lowest BCUT2D eigenvalue weighted by Crippen LogP contribution is -2.30. The molecule has 0 aliphatic heterocycles. The third kappa shape index (κ3) is 3.34. The number of hydrogen-bond donors (Lipinski definition) is 1. The maximum atomic E-state index is 13.7. The average Bonchev–Trinajstić information content (AvgIpc) is 3.37. The summed E-state index contributed by atoms with van der Waals surface area (Å²) < 4.78 is 0.956. The Balaban J connectivity index is 1.63. The van der Waals surface area contributed by atoms with Crippen molar-refractivity contribution in [1.82, 2.24) is 15.0 Å². The van der Waals surface area contributed by atoms with E-state index in [1.807, 2.05) is 55.5 Å². The van der Waals surface area contributed by atoms with Crippen molar-refractivity contribution >= 4 is 55.1 Å². The number of thiazole rings is 1. The molecule has 5 rings (SSSR count). The van der Waals surface area contributed by atoms with Crippen LogP contribution >= 0.6 is 22.9 Å². The number of aromatic nitrogens is 3. The van der Waals surface area contributed by atoms with E-state index in [1.54, 1.807) is 23.5 Å². The zero-order chi connectivity index (χ0) is 20.7. The van der Waals surface area contributed by atoms with Crippen molar-refractivity contribution in [1.29, 1.82) is 0 Å². The molecule has 0 fully saturated rings. The van der Waals surface area contributed by atoms with Crippen molar-refractivity contribution in [2.75, 3.05) is 4.90 Å². The molecule has 0 unspecified atom stereocenters. The monoisotopic (exact) mass is 432 g/mol. The standard InChI is InChI=1S/C23H17ClN4OS/c1-14-9-16(24)10-20-21(14)27-23(30-20)28(13-15-5-4-8-25-11-15)22(29)18-12-26-19-7-3-2-6-17(18)19/h2-12,26H,13H2,1H3. The van der Waals surface area contributed by atoms with Gasteiger partial charge in [0.15, 0.2) is 5.13 Å². The first-order chi connectivity index (χ1) is 14.6. The number of carbonyl (C=O) groups is 1. The largest absolute Gasteiger partial charge is 0.360 e. The zero-order valence-corrected chi connectivity index (χ0v) is 17.7. The van der Waals surface area contributed by atoms with E-state index in [9.17, 15) is 4.79 Å². The minimum Gasteiger partial charge on any atom is -0.360 e. The predicted octanol–water partition coefficient (Wildman–Crippen LogP) is 5.98. The molecule has 1 N–H and O–H groups in total. The Kier molecular flexibility index (Phi) is 4.73. The lowest BCUT2D eigenvalue weighted by molar-refractivity contribution is 0.0986. The van der Waals surface area contributed by atoms with E-state index in [1.165, 1.54) is 11.3 Å². The Morgan fingerprint density at radius 3 is 2.90 bits per heavy atom. The molecule has 0 aliphatic rings. The highest BCUT2D eigenvalue weighted by Crippen LogP contribution is 2.35. The number of hydrogen-bond acceptors (Lipinski definition) is 4. The van der Waals surface area contributed by atoms with Crippen molar-refractivity contribution in [3.8, 4) is 0 Å². The average molecular weight is 433 g/mol. The molecule has 0 bridgehead atoms. The summed E-state index contributed by atoms with van der Waals surface area (Å²) in [6.45, 7) is 2.35. The van der Waals surface area contributed by atoms with Gasteiger partial charge in [-0.05, 0) is 42.3 Å². The second kappa shape index (κ2) is 7.55. The summed E-state index contributed by atoms with van der Waals surface area (Å²) in [5.41, 5.74) is 4.32. The molecular weight excluding hydrogens is 416 g/mol. The van der Waals surface area contributed by atoms with Gasteiger partial charge in [-0.1, -0.05) is 47.2 Å². The number of H-pyrrole nitrogens is 1. The highest BCUT2D eigenvalue weighted by atomic mass is 35.5. The van der Waals surface area contributed by atoms with Gasteiger partial charge in [-0.15, -0.1) is 0 Å². The lowest BCUT2D eigenvalue weighted by Gasteiger charge is -2.19. The highest BCUT2D eigenvalue weighted by Gasteiger charge is 2.24. The van der Waals surface area contributed by atoms with E-state index >= 15 is 0 Å².